The predicted octanol–water partition coefficient (Wildman–Crippen LogP) is 0.375. The molecular formula is C15H20N4O3S. The summed E-state index contributed by atoms with van der Waals surface area (Å²) in [5.74, 6) is 0. The Kier molecular flexibility index (Phi) is 4.76. The summed E-state index contributed by atoms with van der Waals surface area (Å²) in [7, 11) is -3.47. The van der Waals surface area contributed by atoms with Gasteiger partial charge in [0.25, 0.3) is 0 Å². The Balaban J connectivity index is 1.73. The summed E-state index contributed by atoms with van der Waals surface area (Å²) < 4.78 is 26.9. The molecule has 1 saturated heterocycles. The fourth-order valence-electron chi connectivity index (χ4n) is 2.71. The van der Waals surface area contributed by atoms with Crippen molar-refractivity contribution in [1.29, 1.82) is 0 Å². The number of hydrogen-bond acceptors (Lipinski definition) is 5. The summed E-state index contributed by atoms with van der Waals surface area (Å²) >= 11 is 0. The predicted molar refractivity (Wildman–Crippen MR) is 86.3 cm³/mol. The number of nitrogens with one attached hydrogen (secondary N) is 1. The van der Waals surface area contributed by atoms with Gasteiger partial charge in [-0.05, 0) is 17.7 Å². The van der Waals surface area contributed by atoms with Gasteiger partial charge in [-0.2, -0.15) is 9.40 Å². The molecule has 1 aromatic heterocycles. The summed E-state index contributed by atoms with van der Waals surface area (Å²) in [5, 5.41) is 15.6. The van der Waals surface area contributed by atoms with E-state index in [2.05, 4.69) is 15.1 Å². The number of aliphatic hydroxyl groups excluding tert-OH is 1. The van der Waals surface area contributed by atoms with Gasteiger partial charge in [0.2, 0.25) is 10.0 Å². The second-order valence-electron chi connectivity index (χ2n) is 5.48. The van der Waals surface area contributed by atoms with Crippen molar-refractivity contribution in [2.75, 3.05) is 39.3 Å². The zero-order valence-electron chi connectivity index (χ0n) is 12.7. The molecule has 0 radical (unpaired) electrons. The number of nitrogens with zero attached hydrogens (tertiary/aromatic N) is 3. The van der Waals surface area contributed by atoms with Crippen molar-refractivity contribution < 1.29 is 13.5 Å². The third-order valence-electron chi connectivity index (χ3n) is 4.07. The van der Waals surface area contributed by atoms with Gasteiger partial charge in [0.1, 0.15) is 0 Å². The van der Waals surface area contributed by atoms with Crippen molar-refractivity contribution in [3.63, 3.8) is 0 Å². The lowest BCUT2D eigenvalue weighted by Crippen LogP contribution is -2.49. The molecule has 0 atom stereocenters. The van der Waals surface area contributed by atoms with Crippen molar-refractivity contribution in [1.82, 2.24) is 19.4 Å². The van der Waals surface area contributed by atoms with Crippen LogP contribution in [0.25, 0.3) is 11.1 Å². The first-order valence-corrected chi connectivity index (χ1v) is 8.98. The number of benzene rings is 1. The second-order valence-corrected chi connectivity index (χ2v) is 7.42. The highest BCUT2D eigenvalue weighted by molar-refractivity contribution is 7.89. The summed E-state index contributed by atoms with van der Waals surface area (Å²) in [6, 6.07) is 6.86. The Morgan fingerprint density at radius 3 is 2.35 bits per heavy atom. The second kappa shape index (κ2) is 6.79. The van der Waals surface area contributed by atoms with Crippen LogP contribution in [0, 0.1) is 0 Å². The molecule has 1 aliphatic heterocycles. The summed E-state index contributed by atoms with van der Waals surface area (Å²) in [5.41, 5.74) is 1.84. The van der Waals surface area contributed by atoms with Gasteiger partial charge in [0, 0.05) is 44.5 Å². The Hall–Kier alpha value is -1.74. The number of β-amino-alcohol motifs (C(OH)–C–C–N with tert-alkyl or cyclic N) is 1. The van der Waals surface area contributed by atoms with E-state index in [0.717, 1.165) is 11.1 Å². The molecule has 124 valence electrons. The minimum Gasteiger partial charge on any atom is -0.395 e. The zero-order valence-corrected chi connectivity index (χ0v) is 13.5. The third kappa shape index (κ3) is 3.45. The largest absolute Gasteiger partial charge is 0.395 e. The molecule has 7 nitrogen and oxygen atoms in total. The van der Waals surface area contributed by atoms with Crippen molar-refractivity contribution in [2.45, 2.75) is 4.90 Å². The first-order chi connectivity index (χ1) is 11.1. The van der Waals surface area contributed by atoms with Crippen LogP contribution in [-0.2, 0) is 10.0 Å². The fraction of sp³-hybridized carbons (Fsp3) is 0.400. The van der Waals surface area contributed by atoms with Gasteiger partial charge in [0.05, 0.1) is 17.7 Å². The minimum absolute atomic E-state index is 0.0994. The number of piperazine rings is 1. The Labute approximate surface area is 135 Å². The highest BCUT2D eigenvalue weighted by Crippen LogP contribution is 2.22. The van der Waals surface area contributed by atoms with Crippen LogP contribution in [-0.4, -0.2) is 72.3 Å². The molecule has 0 bridgehead atoms. The number of H-pyrrole nitrogens is 1. The molecule has 3 rings (SSSR count). The van der Waals surface area contributed by atoms with Crippen LogP contribution >= 0.6 is 0 Å². The number of rotatable bonds is 5. The Bertz CT molecular complexity index is 721. The van der Waals surface area contributed by atoms with Crippen molar-refractivity contribution in [2.24, 2.45) is 0 Å². The number of aliphatic hydroxyl groups is 1. The van der Waals surface area contributed by atoms with Crippen LogP contribution in [0.4, 0.5) is 0 Å². The lowest BCUT2D eigenvalue weighted by Gasteiger charge is -2.33. The van der Waals surface area contributed by atoms with Crippen molar-refractivity contribution in [3.8, 4) is 11.1 Å². The van der Waals surface area contributed by atoms with Gasteiger partial charge < -0.3 is 5.11 Å². The maximum absolute atomic E-state index is 12.7. The Morgan fingerprint density at radius 1 is 1.09 bits per heavy atom. The van der Waals surface area contributed by atoms with Gasteiger partial charge in [-0.15, -0.1) is 0 Å². The quantitative estimate of drug-likeness (QED) is 0.824. The highest BCUT2D eigenvalue weighted by atomic mass is 32.2. The molecule has 0 saturated carbocycles. The first-order valence-electron chi connectivity index (χ1n) is 7.54. The lowest BCUT2D eigenvalue weighted by atomic mass is 10.1. The van der Waals surface area contributed by atoms with E-state index in [1.165, 1.54) is 4.31 Å². The van der Waals surface area contributed by atoms with E-state index in [9.17, 15) is 8.42 Å². The molecule has 2 N–H and O–H groups in total. The zero-order chi connectivity index (χ0) is 16.3. The average molecular weight is 336 g/mol. The average Bonchev–Trinajstić information content (AvgIpc) is 3.10. The molecule has 23 heavy (non-hydrogen) atoms. The van der Waals surface area contributed by atoms with Gasteiger partial charge in [-0.25, -0.2) is 8.42 Å². The Morgan fingerprint density at radius 2 is 1.78 bits per heavy atom. The molecule has 0 aliphatic carbocycles. The number of hydrogen-bond donors (Lipinski definition) is 2. The molecule has 1 fully saturated rings. The number of aromatic amines is 1. The fourth-order valence-corrected chi connectivity index (χ4v) is 4.13. The monoisotopic (exact) mass is 336 g/mol. The van der Waals surface area contributed by atoms with Crippen LogP contribution in [0.5, 0.6) is 0 Å². The van der Waals surface area contributed by atoms with Crippen LogP contribution in [0.15, 0.2) is 41.6 Å². The van der Waals surface area contributed by atoms with E-state index in [1.54, 1.807) is 36.7 Å². The maximum atomic E-state index is 12.7. The smallest absolute Gasteiger partial charge is 0.243 e. The molecular weight excluding hydrogens is 316 g/mol. The third-order valence-corrected chi connectivity index (χ3v) is 5.98. The van der Waals surface area contributed by atoms with Gasteiger partial charge in [0.15, 0.2) is 0 Å². The van der Waals surface area contributed by atoms with E-state index in [0.29, 0.717) is 37.6 Å². The summed E-state index contributed by atoms with van der Waals surface area (Å²) in [6.45, 7) is 2.88. The molecule has 0 amide bonds. The van der Waals surface area contributed by atoms with Crippen LogP contribution in [0.1, 0.15) is 0 Å². The normalized spacial score (nSPS) is 17.4. The molecule has 2 heterocycles. The van der Waals surface area contributed by atoms with E-state index < -0.39 is 10.0 Å². The molecule has 2 aromatic rings. The minimum atomic E-state index is -3.47. The summed E-state index contributed by atoms with van der Waals surface area (Å²) in [4.78, 5) is 2.37. The standard InChI is InChI=1S/C15H20N4O3S/c20-10-9-18-5-7-19(8-6-18)23(21,22)15-3-1-13(2-4-15)14-11-16-17-12-14/h1-4,11-12,20H,5-10H2,(H,16,17). The van der Waals surface area contributed by atoms with E-state index in [4.69, 9.17) is 5.11 Å². The van der Waals surface area contributed by atoms with Gasteiger partial charge in [-0.3, -0.25) is 10.00 Å². The molecule has 1 aromatic carbocycles. The van der Waals surface area contributed by atoms with Crippen LogP contribution in [0.3, 0.4) is 0 Å². The molecule has 8 heteroatoms. The van der Waals surface area contributed by atoms with Gasteiger partial charge in [-0.1, -0.05) is 12.1 Å². The van der Waals surface area contributed by atoms with E-state index in [-0.39, 0.29) is 6.61 Å². The van der Waals surface area contributed by atoms with E-state index in [1.807, 2.05) is 0 Å². The highest BCUT2D eigenvalue weighted by Gasteiger charge is 2.28. The van der Waals surface area contributed by atoms with Crippen LogP contribution < -0.4 is 0 Å². The lowest BCUT2D eigenvalue weighted by molar-refractivity contribution is 0.151. The van der Waals surface area contributed by atoms with E-state index >= 15 is 0 Å². The maximum Gasteiger partial charge on any atom is 0.243 e. The van der Waals surface area contributed by atoms with Crippen molar-refractivity contribution in [3.05, 3.63) is 36.7 Å². The SMILES string of the molecule is O=S(=O)(c1ccc(-c2cn[nH]c2)cc1)N1CCN(CCO)CC1. The van der Waals surface area contributed by atoms with Crippen LogP contribution in [0.2, 0.25) is 0 Å². The topological polar surface area (TPSA) is 89.5 Å². The summed E-state index contributed by atoms with van der Waals surface area (Å²) in [6.07, 6.45) is 3.47. The molecule has 0 spiro atoms. The van der Waals surface area contributed by atoms with Gasteiger partial charge >= 0.3 is 0 Å². The first kappa shape index (κ1) is 16.1. The van der Waals surface area contributed by atoms with Crippen molar-refractivity contribution >= 4 is 10.0 Å². The molecule has 0 unspecified atom stereocenters. The number of aromatic nitrogens is 2. The molecule has 1 aliphatic rings. The number of sulfonamides is 1.